The van der Waals surface area contributed by atoms with E-state index in [1.807, 2.05) is 20.8 Å². The average molecular weight is 353 g/mol. The molecule has 0 unspecified atom stereocenters. The zero-order valence-electron chi connectivity index (χ0n) is 12.0. The molecule has 0 heterocycles. The van der Waals surface area contributed by atoms with Crippen molar-refractivity contribution in [1.29, 1.82) is 0 Å². The van der Waals surface area contributed by atoms with Crippen molar-refractivity contribution in [1.82, 2.24) is 5.32 Å². The van der Waals surface area contributed by atoms with Crippen molar-refractivity contribution in [2.24, 2.45) is 10.6 Å². The Bertz CT molecular complexity index is 652. The van der Waals surface area contributed by atoms with Crippen LogP contribution in [0.3, 0.4) is 0 Å². The van der Waals surface area contributed by atoms with E-state index in [2.05, 4.69) is 5.32 Å². The highest BCUT2D eigenvalue weighted by molar-refractivity contribution is 7.89. The van der Waals surface area contributed by atoms with Gasteiger partial charge in [0, 0.05) is 11.6 Å². The second-order valence-corrected chi connectivity index (χ2v) is 8.22. The van der Waals surface area contributed by atoms with Crippen molar-refractivity contribution in [3.63, 3.8) is 0 Å². The van der Waals surface area contributed by atoms with Crippen LogP contribution in [0.4, 0.5) is 0 Å². The van der Waals surface area contributed by atoms with Gasteiger partial charge in [0.15, 0.2) is 0 Å². The van der Waals surface area contributed by atoms with E-state index in [0.29, 0.717) is 6.54 Å². The van der Waals surface area contributed by atoms with E-state index >= 15 is 0 Å². The van der Waals surface area contributed by atoms with E-state index < -0.39 is 15.9 Å². The summed E-state index contributed by atoms with van der Waals surface area (Å²) >= 11 is 11.8. The fourth-order valence-corrected chi connectivity index (χ4v) is 3.03. The standard InChI is InChI=1S/C13H18Cl2N2O3S/c1-13(2,3)4-5-17-12(18)9-6-8(14)7-10(11(9)15)21(16,19)20/h6-7H,4-5H2,1-3H3,(H,17,18)(H2,16,19,20). The van der Waals surface area contributed by atoms with Crippen LogP contribution in [-0.2, 0) is 10.0 Å². The summed E-state index contributed by atoms with van der Waals surface area (Å²) in [5.74, 6) is -0.489. The zero-order chi connectivity index (χ0) is 16.4. The molecular weight excluding hydrogens is 335 g/mol. The molecule has 3 N–H and O–H groups in total. The summed E-state index contributed by atoms with van der Waals surface area (Å²) < 4.78 is 22.9. The van der Waals surface area contributed by atoms with E-state index in [-0.39, 0.29) is 25.9 Å². The van der Waals surface area contributed by atoms with Gasteiger partial charge in [0.1, 0.15) is 4.90 Å². The zero-order valence-corrected chi connectivity index (χ0v) is 14.4. The number of primary sulfonamides is 1. The molecule has 1 amide bonds. The molecule has 0 aliphatic rings. The summed E-state index contributed by atoms with van der Waals surface area (Å²) in [6, 6.07) is 2.43. The number of hydrogen-bond acceptors (Lipinski definition) is 3. The van der Waals surface area contributed by atoms with E-state index in [1.54, 1.807) is 0 Å². The largest absolute Gasteiger partial charge is 0.352 e. The first-order valence-electron chi connectivity index (χ1n) is 6.22. The summed E-state index contributed by atoms with van der Waals surface area (Å²) in [6.07, 6.45) is 0.763. The minimum Gasteiger partial charge on any atom is -0.352 e. The molecule has 0 saturated heterocycles. The van der Waals surface area contributed by atoms with Gasteiger partial charge in [-0.2, -0.15) is 0 Å². The van der Waals surface area contributed by atoms with Crippen LogP contribution in [0, 0.1) is 5.41 Å². The number of sulfonamides is 1. The minimum absolute atomic E-state index is 0.0119. The van der Waals surface area contributed by atoms with Gasteiger partial charge in [0.25, 0.3) is 5.91 Å². The number of carbonyl (C=O) groups is 1. The first kappa shape index (κ1) is 18.2. The van der Waals surface area contributed by atoms with Crippen LogP contribution < -0.4 is 10.5 Å². The number of halogens is 2. The number of nitrogens with one attached hydrogen (secondary N) is 1. The Labute approximate surface area is 134 Å². The highest BCUT2D eigenvalue weighted by atomic mass is 35.5. The van der Waals surface area contributed by atoms with Crippen LogP contribution >= 0.6 is 23.2 Å². The third-order valence-electron chi connectivity index (χ3n) is 2.72. The Morgan fingerprint density at radius 2 is 1.86 bits per heavy atom. The maximum atomic E-state index is 12.1. The Balaban J connectivity index is 3.03. The van der Waals surface area contributed by atoms with E-state index in [4.69, 9.17) is 28.3 Å². The highest BCUT2D eigenvalue weighted by Gasteiger charge is 2.21. The van der Waals surface area contributed by atoms with Gasteiger partial charge < -0.3 is 5.32 Å². The molecule has 5 nitrogen and oxygen atoms in total. The molecule has 0 atom stereocenters. The Morgan fingerprint density at radius 3 is 2.33 bits per heavy atom. The number of rotatable bonds is 4. The van der Waals surface area contributed by atoms with E-state index in [0.717, 1.165) is 12.5 Å². The van der Waals surface area contributed by atoms with Crippen molar-refractivity contribution < 1.29 is 13.2 Å². The summed E-state index contributed by atoms with van der Waals surface area (Å²) in [7, 11) is -4.05. The summed E-state index contributed by atoms with van der Waals surface area (Å²) in [5, 5.41) is 7.58. The lowest BCUT2D eigenvalue weighted by molar-refractivity contribution is 0.0949. The van der Waals surface area contributed by atoms with Gasteiger partial charge in [-0.15, -0.1) is 0 Å². The molecule has 1 aromatic carbocycles. The minimum atomic E-state index is -4.05. The molecule has 0 saturated carbocycles. The maximum Gasteiger partial charge on any atom is 0.252 e. The van der Waals surface area contributed by atoms with Crippen molar-refractivity contribution in [2.75, 3.05) is 6.54 Å². The lowest BCUT2D eigenvalue weighted by Crippen LogP contribution is -2.28. The molecule has 0 aliphatic heterocycles. The molecule has 0 bridgehead atoms. The highest BCUT2D eigenvalue weighted by Crippen LogP contribution is 2.28. The second kappa shape index (κ2) is 6.52. The van der Waals surface area contributed by atoms with Gasteiger partial charge in [0.2, 0.25) is 10.0 Å². The average Bonchev–Trinajstić information content (AvgIpc) is 2.28. The van der Waals surface area contributed by atoms with Crippen molar-refractivity contribution in [3.8, 4) is 0 Å². The van der Waals surface area contributed by atoms with Crippen LogP contribution in [-0.4, -0.2) is 20.9 Å². The van der Waals surface area contributed by atoms with Gasteiger partial charge in [0.05, 0.1) is 10.6 Å². The first-order chi connectivity index (χ1) is 9.42. The lowest BCUT2D eigenvalue weighted by atomic mass is 9.92. The van der Waals surface area contributed by atoms with Gasteiger partial charge in [-0.3, -0.25) is 4.79 Å². The summed E-state index contributed by atoms with van der Waals surface area (Å²) in [4.78, 5) is 11.7. The molecule has 8 heteroatoms. The normalized spacial score (nSPS) is 12.3. The Kier molecular flexibility index (Phi) is 5.66. The van der Waals surface area contributed by atoms with Crippen LogP contribution in [0.25, 0.3) is 0 Å². The van der Waals surface area contributed by atoms with Gasteiger partial charge >= 0.3 is 0 Å². The van der Waals surface area contributed by atoms with Crippen molar-refractivity contribution in [3.05, 3.63) is 27.7 Å². The van der Waals surface area contributed by atoms with Gasteiger partial charge in [-0.05, 0) is 24.0 Å². The first-order valence-corrected chi connectivity index (χ1v) is 8.52. The van der Waals surface area contributed by atoms with Crippen LogP contribution in [0.2, 0.25) is 10.0 Å². The summed E-state index contributed by atoms with van der Waals surface area (Å²) in [5.41, 5.74) is 0.0547. The van der Waals surface area contributed by atoms with Crippen LogP contribution in [0.15, 0.2) is 17.0 Å². The number of carbonyl (C=O) groups excluding carboxylic acids is 1. The van der Waals surface area contributed by atoms with Gasteiger partial charge in [-0.25, -0.2) is 13.6 Å². The smallest absolute Gasteiger partial charge is 0.252 e. The molecule has 21 heavy (non-hydrogen) atoms. The number of benzene rings is 1. The Morgan fingerprint density at radius 1 is 1.29 bits per heavy atom. The topological polar surface area (TPSA) is 89.3 Å². The number of nitrogens with two attached hydrogens (primary N) is 1. The molecule has 0 aromatic heterocycles. The Hall–Kier alpha value is -0.820. The monoisotopic (exact) mass is 352 g/mol. The fourth-order valence-electron chi connectivity index (χ4n) is 1.58. The molecule has 1 aromatic rings. The molecule has 0 fully saturated rings. The SMILES string of the molecule is CC(C)(C)CCNC(=O)c1cc(Cl)cc(S(N)(=O)=O)c1Cl. The van der Waals surface area contributed by atoms with Crippen LogP contribution in [0.1, 0.15) is 37.6 Å². The predicted octanol–water partition coefficient (Wildman–Crippen LogP) is 2.81. The molecule has 0 spiro atoms. The molecule has 0 radical (unpaired) electrons. The quantitative estimate of drug-likeness (QED) is 0.872. The summed E-state index contributed by atoms with van der Waals surface area (Å²) in [6.45, 7) is 6.58. The van der Waals surface area contributed by atoms with Crippen LogP contribution in [0.5, 0.6) is 0 Å². The van der Waals surface area contributed by atoms with Crippen molar-refractivity contribution in [2.45, 2.75) is 32.1 Å². The lowest BCUT2D eigenvalue weighted by Gasteiger charge is -2.18. The number of amides is 1. The van der Waals surface area contributed by atoms with E-state index in [9.17, 15) is 13.2 Å². The van der Waals surface area contributed by atoms with Crippen molar-refractivity contribution >= 4 is 39.1 Å². The molecule has 0 aliphatic carbocycles. The maximum absolute atomic E-state index is 12.1. The third kappa shape index (κ3) is 5.47. The van der Waals surface area contributed by atoms with Gasteiger partial charge in [-0.1, -0.05) is 44.0 Å². The molecule has 1 rings (SSSR count). The predicted molar refractivity (Wildman–Crippen MR) is 84.2 cm³/mol. The van der Waals surface area contributed by atoms with E-state index in [1.165, 1.54) is 6.07 Å². The number of hydrogen-bond donors (Lipinski definition) is 2. The third-order valence-corrected chi connectivity index (χ3v) is 4.39. The molecular formula is C13H18Cl2N2O3S. The second-order valence-electron chi connectivity index (χ2n) is 5.88. The molecule has 118 valence electrons. The fraction of sp³-hybridized carbons (Fsp3) is 0.462.